The van der Waals surface area contributed by atoms with E-state index in [1.807, 2.05) is 43.3 Å². The Kier molecular flexibility index (Phi) is 5.61. The molecule has 2 unspecified atom stereocenters. The van der Waals surface area contributed by atoms with Crippen molar-refractivity contribution < 1.29 is 14.6 Å². The minimum Gasteiger partial charge on any atom is -0.494 e. The molecule has 0 saturated carbocycles. The monoisotopic (exact) mass is 457 g/mol. The molecule has 2 aromatic carbocycles. The fourth-order valence-electron chi connectivity index (χ4n) is 3.33. The van der Waals surface area contributed by atoms with Crippen molar-refractivity contribution >= 4 is 38.4 Å². The second-order valence-corrected chi connectivity index (χ2v) is 7.60. The average Bonchev–Trinajstić information content (AvgIpc) is 3.31. The molecule has 0 aliphatic carbocycles. The lowest BCUT2D eigenvalue weighted by Crippen LogP contribution is -2.35. The summed E-state index contributed by atoms with van der Waals surface area (Å²) in [5.41, 5.74) is 8.07. The number of hydrogen-bond donors (Lipinski definition) is 4. The number of ether oxygens (including phenoxy) is 1. The van der Waals surface area contributed by atoms with Gasteiger partial charge in [0.05, 0.1) is 12.1 Å². The number of aromatic amines is 1. The van der Waals surface area contributed by atoms with Crippen LogP contribution in [0.2, 0.25) is 0 Å². The number of hydrogen-bond acceptors (Lipinski definition) is 6. The quantitative estimate of drug-likeness (QED) is 0.427. The number of rotatable bonds is 5. The maximum Gasteiger partial charge on any atom is 0.282 e. The second kappa shape index (κ2) is 8.32. The summed E-state index contributed by atoms with van der Waals surface area (Å²) in [4.78, 5) is 15.3. The smallest absolute Gasteiger partial charge is 0.282 e. The topological polar surface area (TPSA) is 111 Å². The molecule has 2 atom stereocenters. The lowest BCUT2D eigenvalue weighted by molar-refractivity contribution is -0.120. The van der Waals surface area contributed by atoms with Crippen LogP contribution in [-0.2, 0) is 4.79 Å². The number of amides is 1. The Morgan fingerprint density at radius 2 is 2.14 bits per heavy atom. The van der Waals surface area contributed by atoms with Crippen LogP contribution in [-0.4, -0.2) is 28.6 Å². The molecular formula is C20H20BrN5O3. The van der Waals surface area contributed by atoms with Crippen molar-refractivity contribution in [3.8, 4) is 11.6 Å². The Morgan fingerprint density at radius 1 is 1.28 bits per heavy atom. The molecule has 1 saturated heterocycles. The van der Waals surface area contributed by atoms with E-state index in [1.165, 1.54) is 0 Å². The molecule has 1 fully saturated rings. The first-order valence-electron chi connectivity index (χ1n) is 9.24. The van der Waals surface area contributed by atoms with Gasteiger partial charge in [0.15, 0.2) is 5.69 Å². The van der Waals surface area contributed by atoms with Crippen molar-refractivity contribution in [2.24, 2.45) is 10.2 Å². The number of hydrazine groups is 1. The van der Waals surface area contributed by atoms with Crippen molar-refractivity contribution in [1.29, 1.82) is 0 Å². The van der Waals surface area contributed by atoms with E-state index in [0.717, 1.165) is 15.8 Å². The number of aromatic hydroxyl groups is 1. The molecule has 150 valence electrons. The molecule has 29 heavy (non-hydrogen) atoms. The Morgan fingerprint density at radius 3 is 2.97 bits per heavy atom. The Bertz CT molecular complexity index is 1080. The van der Waals surface area contributed by atoms with E-state index >= 15 is 0 Å². The number of carbonyl (C=O) groups excluding carboxylic acids is 1. The number of benzene rings is 2. The van der Waals surface area contributed by atoms with Gasteiger partial charge in [0.1, 0.15) is 11.8 Å². The highest BCUT2D eigenvalue weighted by atomic mass is 79.9. The van der Waals surface area contributed by atoms with Crippen molar-refractivity contribution in [3.63, 3.8) is 0 Å². The Labute approximate surface area is 175 Å². The molecule has 1 aliphatic heterocycles. The van der Waals surface area contributed by atoms with Gasteiger partial charge in [-0.1, -0.05) is 28.1 Å². The highest BCUT2D eigenvalue weighted by molar-refractivity contribution is 9.10. The van der Waals surface area contributed by atoms with Crippen LogP contribution in [0, 0.1) is 0 Å². The number of nitrogens with zero attached hydrogens (tertiary/aromatic N) is 2. The minimum absolute atomic E-state index is 0.0444. The number of carbonyl (C=O) groups is 1. The number of azo groups is 1. The number of aromatic nitrogens is 1. The zero-order chi connectivity index (χ0) is 20.4. The van der Waals surface area contributed by atoms with Gasteiger partial charge in [0.25, 0.3) is 5.91 Å². The number of nitrogens with one attached hydrogen (secondary N) is 3. The van der Waals surface area contributed by atoms with E-state index < -0.39 is 11.9 Å². The summed E-state index contributed by atoms with van der Waals surface area (Å²) in [6.07, 6.45) is 0.527. The molecule has 1 aliphatic rings. The lowest BCUT2D eigenvalue weighted by atomic mass is 10.0. The Hall–Kier alpha value is -2.75. The van der Waals surface area contributed by atoms with Crippen LogP contribution in [0.4, 0.5) is 5.69 Å². The molecule has 1 aromatic heterocycles. The van der Waals surface area contributed by atoms with Crippen LogP contribution in [0.1, 0.15) is 24.9 Å². The van der Waals surface area contributed by atoms with Gasteiger partial charge in [-0.15, -0.1) is 10.2 Å². The maximum atomic E-state index is 12.5. The van der Waals surface area contributed by atoms with Gasteiger partial charge in [-0.3, -0.25) is 4.79 Å². The number of H-pyrrole nitrogens is 1. The van der Waals surface area contributed by atoms with Crippen LogP contribution in [0.25, 0.3) is 10.9 Å². The summed E-state index contributed by atoms with van der Waals surface area (Å²) >= 11 is 3.39. The summed E-state index contributed by atoms with van der Waals surface area (Å²) < 4.78 is 6.37. The normalized spacial score (nSPS) is 19.2. The van der Waals surface area contributed by atoms with Gasteiger partial charge in [0, 0.05) is 15.9 Å². The Balaban J connectivity index is 1.47. The van der Waals surface area contributed by atoms with Gasteiger partial charge in [-0.2, -0.15) is 0 Å². The lowest BCUT2D eigenvalue weighted by Gasteiger charge is -2.11. The summed E-state index contributed by atoms with van der Waals surface area (Å²) in [6, 6.07) is 12.7. The van der Waals surface area contributed by atoms with Crippen LogP contribution < -0.4 is 15.6 Å². The van der Waals surface area contributed by atoms with E-state index in [4.69, 9.17) is 4.74 Å². The predicted octanol–water partition coefficient (Wildman–Crippen LogP) is 4.25. The van der Waals surface area contributed by atoms with Gasteiger partial charge in [0.2, 0.25) is 5.88 Å². The molecule has 0 spiro atoms. The van der Waals surface area contributed by atoms with Gasteiger partial charge in [-0.05, 0) is 49.2 Å². The third-order valence-electron chi connectivity index (χ3n) is 4.74. The summed E-state index contributed by atoms with van der Waals surface area (Å²) in [5.74, 6) is 0.254. The van der Waals surface area contributed by atoms with Crippen LogP contribution in [0.3, 0.4) is 0 Å². The number of fused-ring (bicyclic) bond motifs is 1. The summed E-state index contributed by atoms with van der Waals surface area (Å²) in [7, 11) is 0. The largest absolute Gasteiger partial charge is 0.494 e. The van der Waals surface area contributed by atoms with Gasteiger partial charge in [-0.25, -0.2) is 10.9 Å². The van der Waals surface area contributed by atoms with Crippen molar-refractivity contribution in [2.75, 3.05) is 6.61 Å². The zero-order valence-corrected chi connectivity index (χ0v) is 17.2. The fourth-order valence-corrected chi connectivity index (χ4v) is 3.69. The molecular weight excluding hydrogens is 438 g/mol. The molecule has 4 N–H and O–H groups in total. The third kappa shape index (κ3) is 4.16. The summed E-state index contributed by atoms with van der Waals surface area (Å²) in [6.45, 7) is 2.53. The van der Waals surface area contributed by atoms with E-state index in [-0.39, 0.29) is 17.6 Å². The molecule has 0 bridgehead atoms. The van der Waals surface area contributed by atoms with Gasteiger partial charge < -0.3 is 14.8 Å². The van der Waals surface area contributed by atoms with Gasteiger partial charge >= 0.3 is 0 Å². The first kappa shape index (κ1) is 19.6. The van der Waals surface area contributed by atoms with Crippen molar-refractivity contribution in [3.05, 3.63) is 52.5 Å². The van der Waals surface area contributed by atoms with Crippen LogP contribution in [0.5, 0.6) is 11.6 Å². The van der Waals surface area contributed by atoms with E-state index in [0.29, 0.717) is 23.9 Å². The van der Waals surface area contributed by atoms with E-state index in [1.54, 1.807) is 6.07 Å². The average molecular weight is 458 g/mol. The highest BCUT2D eigenvalue weighted by Crippen LogP contribution is 2.37. The molecule has 3 aromatic rings. The second-order valence-electron chi connectivity index (χ2n) is 6.69. The van der Waals surface area contributed by atoms with Crippen LogP contribution in [0.15, 0.2) is 57.2 Å². The molecule has 4 rings (SSSR count). The first-order valence-corrected chi connectivity index (χ1v) is 10.0. The minimum atomic E-state index is -0.515. The molecule has 2 heterocycles. The number of halogens is 1. The van der Waals surface area contributed by atoms with Crippen molar-refractivity contribution in [2.45, 2.75) is 25.4 Å². The highest BCUT2D eigenvalue weighted by Gasteiger charge is 2.30. The zero-order valence-electron chi connectivity index (χ0n) is 15.6. The van der Waals surface area contributed by atoms with E-state index in [9.17, 15) is 9.90 Å². The third-order valence-corrected chi connectivity index (χ3v) is 5.23. The summed E-state index contributed by atoms with van der Waals surface area (Å²) in [5, 5.41) is 18.6. The standard InChI is InChI=1S/C20H20BrN5O3/c1-2-29-13-5-3-4-11(8-13)16-10-17(24-23-16)19(27)26-25-18-14-9-12(21)6-7-15(14)22-20(18)28/h3-9,16-17,22-24,28H,2,10H2,1H3. The SMILES string of the molecule is CCOc1cccc(C2CC(C(=O)N=Nc3c(O)[nH]c4ccc(Br)cc34)NN2)c1. The van der Waals surface area contributed by atoms with Crippen molar-refractivity contribution in [1.82, 2.24) is 15.8 Å². The molecule has 8 nitrogen and oxygen atoms in total. The molecule has 1 amide bonds. The molecule has 0 radical (unpaired) electrons. The first-order chi connectivity index (χ1) is 14.0. The maximum absolute atomic E-state index is 12.5. The predicted molar refractivity (Wildman–Crippen MR) is 112 cm³/mol. The van der Waals surface area contributed by atoms with E-state index in [2.05, 4.69) is 42.0 Å². The molecule has 9 heteroatoms. The fraction of sp³-hybridized carbons (Fsp3) is 0.250. The van der Waals surface area contributed by atoms with Crippen LogP contribution >= 0.6 is 15.9 Å².